The van der Waals surface area contributed by atoms with E-state index in [9.17, 15) is 19.7 Å². The molecule has 0 heterocycles. The lowest BCUT2D eigenvalue weighted by atomic mass is 9.77. The van der Waals surface area contributed by atoms with Crippen molar-refractivity contribution in [1.82, 2.24) is 0 Å². The largest absolute Gasteiger partial charge is 0.300 e. The van der Waals surface area contributed by atoms with E-state index in [0.29, 0.717) is 12.8 Å². The monoisotopic (exact) mass is 227 g/mol. The van der Waals surface area contributed by atoms with Crippen LogP contribution >= 0.6 is 0 Å². The van der Waals surface area contributed by atoms with Gasteiger partial charge in [-0.3, -0.25) is 19.7 Å². The fourth-order valence-corrected chi connectivity index (χ4v) is 2.15. The van der Waals surface area contributed by atoms with Crippen molar-refractivity contribution in [2.45, 2.75) is 57.4 Å². The van der Waals surface area contributed by atoms with Crippen molar-refractivity contribution in [2.75, 3.05) is 0 Å². The minimum absolute atomic E-state index is 0.0143. The van der Waals surface area contributed by atoms with Crippen LogP contribution in [0.2, 0.25) is 0 Å². The zero-order valence-corrected chi connectivity index (χ0v) is 9.53. The highest BCUT2D eigenvalue weighted by Crippen LogP contribution is 2.32. The van der Waals surface area contributed by atoms with Crippen molar-refractivity contribution >= 4 is 11.6 Å². The van der Waals surface area contributed by atoms with Crippen molar-refractivity contribution in [2.24, 2.45) is 0 Å². The van der Waals surface area contributed by atoms with E-state index in [2.05, 4.69) is 0 Å². The van der Waals surface area contributed by atoms with Crippen LogP contribution in [0.15, 0.2) is 0 Å². The molecule has 0 spiro atoms. The van der Waals surface area contributed by atoms with Gasteiger partial charge in [0.15, 0.2) is 0 Å². The van der Waals surface area contributed by atoms with Gasteiger partial charge in [0, 0.05) is 37.0 Å². The fourth-order valence-electron chi connectivity index (χ4n) is 2.15. The molecule has 1 unspecified atom stereocenters. The second-order valence-electron chi connectivity index (χ2n) is 4.31. The van der Waals surface area contributed by atoms with Gasteiger partial charge in [0.05, 0.1) is 0 Å². The molecule has 5 heteroatoms. The molecule has 0 aromatic carbocycles. The van der Waals surface area contributed by atoms with Crippen LogP contribution in [0, 0.1) is 10.1 Å². The molecule has 0 aromatic rings. The molecule has 16 heavy (non-hydrogen) atoms. The minimum Gasteiger partial charge on any atom is -0.300 e. The van der Waals surface area contributed by atoms with Gasteiger partial charge in [-0.25, -0.2) is 0 Å². The number of carbonyl (C=O) groups is 2. The van der Waals surface area contributed by atoms with Gasteiger partial charge < -0.3 is 0 Å². The number of hydrogen-bond acceptors (Lipinski definition) is 4. The van der Waals surface area contributed by atoms with Crippen LogP contribution in [0.25, 0.3) is 0 Å². The zero-order chi connectivity index (χ0) is 12.2. The Morgan fingerprint density at radius 1 is 1.50 bits per heavy atom. The molecule has 1 atom stereocenters. The Morgan fingerprint density at radius 2 is 2.19 bits per heavy atom. The minimum atomic E-state index is -1.47. The summed E-state index contributed by atoms with van der Waals surface area (Å²) in [4.78, 5) is 33.5. The first-order valence-electron chi connectivity index (χ1n) is 5.72. The lowest BCUT2D eigenvalue weighted by molar-refractivity contribution is -0.555. The predicted octanol–water partition coefficient (Wildman–Crippen LogP) is 1.90. The van der Waals surface area contributed by atoms with Gasteiger partial charge >= 0.3 is 0 Å². The van der Waals surface area contributed by atoms with E-state index >= 15 is 0 Å². The lowest BCUT2D eigenvalue weighted by Gasteiger charge is -2.27. The Kier molecular flexibility index (Phi) is 4.15. The molecule has 1 saturated carbocycles. The van der Waals surface area contributed by atoms with Crippen LogP contribution in [-0.2, 0) is 9.59 Å². The van der Waals surface area contributed by atoms with Gasteiger partial charge in [-0.15, -0.1) is 0 Å². The van der Waals surface area contributed by atoms with Gasteiger partial charge in [0.25, 0.3) is 5.54 Å². The van der Waals surface area contributed by atoms with Crippen LogP contribution < -0.4 is 0 Å². The molecule has 0 bridgehead atoms. The smallest absolute Gasteiger partial charge is 0.279 e. The van der Waals surface area contributed by atoms with Crippen LogP contribution in [0.5, 0.6) is 0 Å². The molecule has 90 valence electrons. The quantitative estimate of drug-likeness (QED) is 0.531. The molecular weight excluding hydrogens is 210 g/mol. The number of Topliss-reactive ketones (excluding diaryl/α,β-unsaturated/α-hetero) is 2. The maximum atomic E-state index is 11.7. The molecule has 5 nitrogen and oxygen atoms in total. The van der Waals surface area contributed by atoms with E-state index in [-0.39, 0.29) is 37.2 Å². The third-order valence-electron chi connectivity index (χ3n) is 3.32. The number of hydrogen-bond donors (Lipinski definition) is 0. The second-order valence-corrected chi connectivity index (χ2v) is 4.31. The van der Waals surface area contributed by atoms with Gasteiger partial charge in [-0.2, -0.15) is 0 Å². The number of ketones is 2. The maximum Gasteiger partial charge on any atom is 0.279 e. The number of nitro groups is 1. The lowest BCUT2D eigenvalue weighted by Crippen LogP contribution is -2.48. The average molecular weight is 227 g/mol. The maximum absolute atomic E-state index is 11.7. The SMILES string of the molecule is CCC(=O)CCC1([N+](=O)[O-])CCCCC1=O. The highest BCUT2D eigenvalue weighted by atomic mass is 16.6. The zero-order valence-electron chi connectivity index (χ0n) is 9.53. The van der Waals surface area contributed by atoms with Crippen molar-refractivity contribution < 1.29 is 14.5 Å². The first kappa shape index (κ1) is 12.8. The summed E-state index contributed by atoms with van der Waals surface area (Å²) in [5, 5.41) is 11.1. The Hall–Kier alpha value is -1.26. The summed E-state index contributed by atoms with van der Waals surface area (Å²) < 4.78 is 0. The summed E-state index contributed by atoms with van der Waals surface area (Å²) >= 11 is 0. The highest BCUT2D eigenvalue weighted by Gasteiger charge is 2.50. The van der Waals surface area contributed by atoms with Crippen LogP contribution in [0.4, 0.5) is 0 Å². The van der Waals surface area contributed by atoms with Crippen LogP contribution in [-0.4, -0.2) is 22.0 Å². The van der Waals surface area contributed by atoms with Crippen molar-refractivity contribution in [1.29, 1.82) is 0 Å². The fraction of sp³-hybridized carbons (Fsp3) is 0.818. The molecular formula is C11H17NO4. The van der Waals surface area contributed by atoms with Crippen molar-refractivity contribution in [3.8, 4) is 0 Å². The summed E-state index contributed by atoms with van der Waals surface area (Å²) in [5.41, 5.74) is -1.47. The molecule has 1 rings (SSSR count). The Morgan fingerprint density at radius 3 is 2.69 bits per heavy atom. The first-order valence-corrected chi connectivity index (χ1v) is 5.72. The van der Waals surface area contributed by atoms with Crippen LogP contribution in [0.1, 0.15) is 51.9 Å². The Balaban J connectivity index is 2.76. The predicted molar refractivity (Wildman–Crippen MR) is 57.7 cm³/mol. The molecule has 1 fully saturated rings. The van der Waals surface area contributed by atoms with E-state index in [1.165, 1.54) is 0 Å². The van der Waals surface area contributed by atoms with E-state index in [1.54, 1.807) is 6.92 Å². The van der Waals surface area contributed by atoms with Gasteiger partial charge in [0.2, 0.25) is 5.78 Å². The first-order chi connectivity index (χ1) is 7.53. The summed E-state index contributed by atoms with van der Waals surface area (Å²) in [7, 11) is 0. The van der Waals surface area contributed by atoms with E-state index in [0.717, 1.165) is 6.42 Å². The molecule has 0 aliphatic heterocycles. The Labute approximate surface area is 94.4 Å². The molecule has 0 radical (unpaired) electrons. The third-order valence-corrected chi connectivity index (χ3v) is 3.32. The molecule has 0 amide bonds. The normalized spacial score (nSPS) is 25.4. The molecule has 0 aromatic heterocycles. The number of rotatable bonds is 5. The van der Waals surface area contributed by atoms with Gasteiger partial charge in [-0.1, -0.05) is 6.92 Å². The van der Waals surface area contributed by atoms with Crippen molar-refractivity contribution in [3.05, 3.63) is 10.1 Å². The van der Waals surface area contributed by atoms with E-state index < -0.39 is 10.5 Å². The summed E-state index contributed by atoms with van der Waals surface area (Å²) in [6.07, 6.45) is 2.59. The molecule has 0 saturated heterocycles. The number of carbonyl (C=O) groups excluding carboxylic acids is 2. The standard InChI is InChI=1S/C11H17NO4/c1-2-9(13)6-8-11(12(15)16)7-4-3-5-10(11)14/h2-8H2,1H3. The highest BCUT2D eigenvalue weighted by molar-refractivity contribution is 5.88. The average Bonchev–Trinajstić information content (AvgIpc) is 2.27. The molecule has 1 aliphatic rings. The van der Waals surface area contributed by atoms with Crippen LogP contribution in [0.3, 0.4) is 0 Å². The number of nitrogens with zero attached hydrogens (tertiary/aromatic N) is 1. The summed E-state index contributed by atoms with van der Waals surface area (Å²) in [6.45, 7) is 1.73. The van der Waals surface area contributed by atoms with E-state index in [1.807, 2.05) is 0 Å². The van der Waals surface area contributed by atoms with E-state index in [4.69, 9.17) is 0 Å². The Bertz CT molecular complexity index is 313. The molecule has 1 aliphatic carbocycles. The summed E-state index contributed by atoms with van der Waals surface area (Å²) in [6, 6.07) is 0. The topological polar surface area (TPSA) is 77.3 Å². The van der Waals surface area contributed by atoms with Gasteiger partial charge in [0.1, 0.15) is 5.78 Å². The third kappa shape index (κ3) is 2.46. The van der Waals surface area contributed by atoms with Gasteiger partial charge in [-0.05, 0) is 12.8 Å². The second kappa shape index (κ2) is 5.18. The molecule has 0 N–H and O–H groups in total. The summed E-state index contributed by atoms with van der Waals surface area (Å²) in [5.74, 6) is -0.313. The van der Waals surface area contributed by atoms with Crippen molar-refractivity contribution in [3.63, 3.8) is 0 Å².